The van der Waals surface area contributed by atoms with Crippen LogP contribution in [0.4, 0.5) is 5.69 Å². The first-order valence-corrected chi connectivity index (χ1v) is 9.58. The zero-order valence-electron chi connectivity index (χ0n) is 15.4. The molecule has 1 atom stereocenters. The van der Waals surface area contributed by atoms with Crippen molar-refractivity contribution in [1.82, 2.24) is 5.32 Å². The number of carbonyl (C=O) groups excluding carboxylic acids is 2. The molecule has 2 amide bonds. The molecule has 26 heavy (non-hydrogen) atoms. The van der Waals surface area contributed by atoms with Crippen LogP contribution in [0.2, 0.25) is 0 Å². The zero-order chi connectivity index (χ0) is 18.4. The van der Waals surface area contributed by atoms with Gasteiger partial charge in [-0.15, -0.1) is 0 Å². The first-order valence-electron chi connectivity index (χ1n) is 9.58. The fourth-order valence-corrected chi connectivity index (χ4v) is 3.55. The van der Waals surface area contributed by atoms with Crippen LogP contribution in [0, 0.1) is 0 Å². The third kappa shape index (κ3) is 4.75. The van der Waals surface area contributed by atoms with Gasteiger partial charge < -0.3 is 19.7 Å². The number of nitrogens with zero attached hydrogens (tertiary/aromatic N) is 1. The summed E-state index contributed by atoms with van der Waals surface area (Å²) in [6.45, 7) is 2.95. The predicted octanol–water partition coefficient (Wildman–Crippen LogP) is 2.66. The molecular weight excluding hydrogens is 332 g/mol. The summed E-state index contributed by atoms with van der Waals surface area (Å²) in [4.78, 5) is 25.9. The smallest absolute Gasteiger partial charge is 0.262 e. The quantitative estimate of drug-likeness (QED) is 0.792. The second kappa shape index (κ2) is 9.03. The average Bonchev–Trinajstić information content (AvgIpc) is 2.67. The fourth-order valence-electron chi connectivity index (χ4n) is 3.55. The number of nitrogens with one attached hydrogen (secondary N) is 1. The van der Waals surface area contributed by atoms with Crippen molar-refractivity contribution >= 4 is 17.5 Å². The maximum absolute atomic E-state index is 12.4. The number of para-hydroxylation sites is 2. The lowest BCUT2D eigenvalue weighted by Crippen LogP contribution is -2.50. The number of fused-ring (bicyclic) bond motifs is 1. The van der Waals surface area contributed by atoms with Crippen LogP contribution in [0.15, 0.2) is 24.3 Å². The lowest BCUT2D eigenvalue weighted by atomic mass is 9.98. The lowest BCUT2D eigenvalue weighted by Gasteiger charge is -2.33. The van der Waals surface area contributed by atoms with Gasteiger partial charge in [0, 0.05) is 20.1 Å². The predicted molar refractivity (Wildman–Crippen MR) is 99.3 cm³/mol. The van der Waals surface area contributed by atoms with Crippen LogP contribution in [0.3, 0.4) is 0 Å². The Balaban J connectivity index is 1.44. The van der Waals surface area contributed by atoms with E-state index in [0.717, 1.165) is 19.3 Å². The third-order valence-electron chi connectivity index (χ3n) is 4.97. The Morgan fingerprint density at radius 1 is 1.23 bits per heavy atom. The van der Waals surface area contributed by atoms with Crippen molar-refractivity contribution in [3.63, 3.8) is 0 Å². The molecule has 1 aromatic rings. The highest BCUT2D eigenvalue weighted by atomic mass is 16.5. The van der Waals surface area contributed by atoms with Crippen LogP contribution in [0.1, 0.15) is 45.4 Å². The molecular formula is C20H28N2O4. The van der Waals surface area contributed by atoms with Gasteiger partial charge in [0.1, 0.15) is 5.75 Å². The van der Waals surface area contributed by atoms with E-state index in [1.807, 2.05) is 18.2 Å². The molecule has 1 fully saturated rings. The molecule has 6 nitrogen and oxygen atoms in total. The van der Waals surface area contributed by atoms with Crippen molar-refractivity contribution in [2.45, 2.75) is 57.7 Å². The van der Waals surface area contributed by atoms with Gasteiger partial charge in [-0.05, 0) is 31.4 Å². The largest absolute Gasteiger partial charge is 0.477 e. The Bertz CT molecular complexity index is 628. The Labute approximate surface area is 154 Å². The van der Waals surface area contributed by atoms with Crippen LogP contribution in [0.5, 0.6) is 5.75 Å². The summed E-state index contributed by atoms with van der Waals surface area (Å²) in [6, 6.07) is 7.29. The van der Waals surface area contributed by atoms with E-state index in [4.69, 9.17) is 9.47 Å². The van der Waals surface area contributed by atoms with Crippen molar-refractivity contribution in [2.24, 2.45) is 0 Å². The Morgan fingerprint density at radius 3 is 2.77 bits per heavy atom. The van der Waals surface area contributed by atoms with Crippen LogP contribution >= 0.6 is 0 Å². The molecule has 1 N–H and O–H groups in total. The monoisotopic (exact) mass is 360 g/mol. The average molecular weight is 360 g/mol. The highest BCUT2D eigenvalue weighted by molar-refractivity contribution is 5.95. The van der Waals surface area contributed by atoms with Crippen LogP contribution < -0.4 is 15.0 Å². The summed E-state index contributed by atoms with van der Waals surface area (Å²) in [5.74, 6) is 0.276. The zero-order valence-corrected chi connectivity index (χ0v) is 15.4. The molecule has 1 aliphatic carbocycles. The summed E-state index contributed by atoms with van der Waals surface area (Å²) >= 11 is 0. The number of hydrogen-bond donors (Lipinski definition) is 1. The number of hydrogen-bond acceptors (Lipinski definition) is 4. The van der Waals surface area contributed by atoms with Crippen molar-refractivity contribution < 1.29 is 19.1 Å². The maximum Gasteiger partial charge on any atom is 0.262 e. The van der Waals surface area contributed by atoms with Gasteiger partial charge in [0.25, 0.3) is 5.91 Å². The first-order chi connectivity index (χ1) is 12.6. The number of carbonyl (C=O) groups is 2. The van der Waals surface area contributed by atoms with Gasteiger partial charge in [-0.1, -0.05) is 31.4 Å². The van der Waals surface area contributed by atoms with E-state index in [-0.39, 0.29) is 18.4 Å². The Hall–Kier alpha value is -2.08. The number of amides is 2. The van der Waals surface area contributed by atoms with E-state index in [9.17, 15) is 9.59 Å². The first kappa shape index (κ1) is 18.7. The molecule has 142 valence electrons. The Kier molecular flexibility index (Phi) is 6.50. The van der Waals surface area contributed by atoms with Gasteiger partial charge >= 0.3 is 0 Å². The van der Waals surface area contributed by atoms with E-state index in [1.165, 1.54) is 26.2 Å². The van der Waals surface area contributed by atoms with E-state index >= 15 is 0 Å². The highest BCUT2D eigenvalue weighted by Crippen LogP contribution is 2.33. The summed E-state index contributed by atoms with van der Waals surface area (Å²) in [7, 11) is 0. The molecule has 0 aromatic heterocycles. The summed E-state index contributed by atoms with van der Waals surface area (Å²) in [6.07, 6.45) is 6.63. The van der Waals surface area contributed by atoms with Gasteiger partial charge in [-0.2, -0.15) is 0 Å². The van der Waals surface area contributed by atoms with Crippen molar-refractivity contribution in [1.29, 1.82) is 0 Å². The maximum atomic E-state index is 12.4. The van der Waals surface area contributed by atoms with E-state index < -0.39 is 6.10 Å². The SMILES string of the molecule is CC(=O)N1CC(C(=O)NCCCOC2CCCCC2)Oc2ccccc21. The molecule has 0 spiro atoms. The standard InChI is InChI=1S/C20H28N2O4/c1-15(23)22-14-19(26-18-11-6-5-10-17(18)22)20(24)21-12-7-13-25-16-8-3-2-4-9-16/h5-6,10-11,16,19H,2-4,7-9,12-14H2,1H3,(H,21,24). The number of benzene rings is 1. The summed E-state index contributed by atoms with van der Waals surface area (Å²) in [5, 5.41) is 2.90. The van der Waals surface area contributed by atoms with Crippen LogP contribution in [-0.4, -0.2) is 43.7 Å². The highest BCUT2D eigenvalue weighted by Gasteiger charge is 2.32. The minimum Gasteiger partial charge on any atom is -0.477 e. The minimum absolute atomic E-state index is 0.0977. The van der Waals surface area contributed by atoms with Gasteiger partial charge in [0.2, 0.25) is 5.91 Å². The van der Waals surface area contributed by atoms with Gasteiger partial charge in [0.15, 0.2) is 6.10 Å². The number of anilines is 1. The van der Waals surface area contributed by atoms with Gasteiger partial charge in [0.05, 0.1) is 18.3 Å². The number of ether oxygens (including phenoxy) is 2. The topological polar surface area (TPSA) is 67.9 Å². The van der Waals surface area contributed by atoms with E-state index in [2.05, 4.69) is 5.32 Å². The van der Waals surface area contributed by atoms with Gasteiger partial charge in [-0.25, -0.2) is 0 Å². The van der Waals surface area contributed by atoms with Crippen molar-refractivity contribution in [3.05, 3.63) is 24.3 Å². The van der Waals surface area contributed by atoms with Crippen molar-refractivity contribution in [2.75, 3.05) is 24.6 Å². The second-order valence-corrected chi connectivity index (χ2v) is 6.98. The number of rotatable bonds is 6. The van der Waals surface area contributed by atoms with Gasteiger partial charge in [-0.3, -0.25) is 9.59 Å². The summed E-state index contributed by atoms with van der Waals surface area (Å²) in [5.41, 5.74) is 0.713. The lowest BCUT2D eigenvalue weighted by molar-refractivity contribution is -0.128. The van der Waals surface area contributed by atoms with Crippen molar-refractivity contribution in [3.8, 4) is 5.75 Å². The molecule has 0 saturated heterocycles. The molecule has 1 aliphatic heterocycles. The molecule has 1 heterocycles. The third-order valence-corrected chi connectivity index (χ3v) is 4.97. The summed E-state index contributed by atoms with van der Waals surface area (Å²) < 4.78 is 11.7. The minimum atomic E-state index is -0.687. The normalized spacial score (nSPS) is 20.2. The Morgan fingerprint density at radius 2 is 2.00 bits per heavy atom. The van der Waals surface area contributed by atoms with Crippen LogP contribution in [0.25, 0.3) is 0 Å². The van der Waals surface area contributed by atoms with E-state index in [0.29, 0.717) is 30.7 Å². The van der Waals surface area contributed by atoms with E-state index in [1.54, 1.807) is 11.0 Å². The molecule has 0 bridgehead atoms. The molecule has 3 rings (SSSR count). The van der Waals surface area contributed by atoms with Crippen LogP contribution in [-0.2, 0) is 14.3 Å². The molecule has 1 saturated carbocycles. The second-order valence-electron chi connectivity index (χ2n) is 6.98. The molecule has 1 aromatic carbocycles. The fraction of sp³-hybridized carbons (Fsp3) is 0.600. The molecule has 6 heteroatoms. The molecule has 1 unspecified atom stereocenters. The molecule has 2 aliphatic rings. The molecule has 0 radical (unpaired) electrons.